The lowest BCUT2D eigenvalue weighted by Gasteiger charge is -1.90. The van der Waals surface area contributed by atoms with Crippen molar-refractivity contribution >= 4 is 31.5 Å². The van der Waals surface area contributed by atoms with Gasteiger partial charge in [0.05, 0.1) is 0 Å². The maximum Gasteiger partial charge on any atom is 0.179 e. The molecule has 74 valence electrons. The molecule has 0 N–H and O–H groups in total. The summed E-state index contributed by atoms with van der Waals surface area (Å²) in [6, 6.07) is 13.5. The van der Waals surface area contributed by atoms with Crippen molar-refractivity contribution in [2.24, 2.45) is 0 Å². The number of hydrogen-bond acceptors (Lipinski definition) is 0. The molecule has 0 radical (unpaired) electrons. The number of benzene rings is 2. The standard InChI is InChI=1S/C14H12S/c1-9-3-5-11-12-6-4-10(2)8-14(12)15-13(11)7-9/h3-8H,1-2H3/p+1. The SMILES string of the molecule is Cc1ccc2c(c1)[sH+]c1cc(C)ccc12. The number of hydrogen-bond donors (Lipinski definition) is 0. The van der Waals surface area contributed by atoms with Crippen LogP contribution >= 0.6 is 11.3 Å². The quantitative estimate of drug-likeness (QED) is 0.485. The molecule has 0 aliphatic rings. The van der Waals surface area contributed by atoms with Gasteiger partial charge in [-0.2, -0.15) is 0 Å². The highest BCUT2D eigenvalue weighted by Crippen LogP contribution is 2.34. The lowest BCUT2D eigenvalue weighted by molar-refractivity contribution is 1.51. The van der Waals surface area contributed by atoms with Crippen molar-refractivity contribution in [1.29, 1.82) is 0 Å². The van der Waals surface area contributed by atoms with E-state index in [2.05, 4.69) is 50.2 Å². The average Bonchev–Trinajstić information content (AvgIpc) is 2.53. The summed E-state index contributed by atoms with van der Waals surface area (Å²) >= 11 is 1.37. The molecular formula is C14H13S+. The lowest BCUT2D eigenvalue weighted by atomic mass is 10.1. The van der Waals surface area contributed by atoms with E-state index < -0.39 is 0 Å². The summed E-state index contributed by atoms with van der Waals surface area (Å²) in [6.07, 6.45) is 0. The molecule has 0 unspecified atom stereocenters. The summed E-state index contributed by atoms with van der Waals surface area (Å²) in [5.41, 5.74) is 2.71. The van der Waals surface area contributed by atoms with Crippen LogP contribution < -0.4 is 0 Å². The van der Waals surface area contributed by atoms with Crippen molar-refractivity contribution < 1.29 is 0 Å². The molecule has 0 bridgehead atoms. The second-order valence-electron chi connectivity index (χ2n) is 4.15. The van der Waals surface area contributed by atoms with E-state index >= 15 is 0 Å². The van der Waals surface area contributed by atoms with E-state index in [1.54, 1.807) is 0 Å². The summed E-state index contributed by atoms with van der Waals surface area (Å²) in [4.78, 5) is 0. The Labute approximate surface area is 93.2 Å². The Morgan fingerprint density at radius 1 is 0.733 bits per heavy atom. The van der Waals surface area contributed by atoms with Gasteiger partial charge in [-0.3, -0.25) is 0 Å². The summed E-state index contributed by atoms with van der Waals surface area (Å²) < 4.78 is 2.91. The highest BCUT2D eigenvalue weighted by Gasteiger charge is 2.11. The van der Waals surface area contributed by atoms with Gasteiger partial charge in [0.25, 0.3) is 0 Å². The first-order valence-electron chi connectivity index (χ1n) is 5.17. The normalized spacial score (nSPS) is 11.3. The van der Waals surface area contributed by atoms with Crippen molar-refractivity contribution in [2.45, 2.75) is 13.8 Å². The van der Waals surface area contributed by atoms with E-state index in [-0.39, 0.29) is 0 Å². The molecule has 0 amide bonds. The zero-order valence-corrected chi connectivity index (χ0v) is 9.81. The van der Waals surface area contributed by atoms with Crippen molar-refractivity contribution in [3.8, 4) is 0 Å². The first kappa shape index (κ1) is 8.93. The Morgan fingerprint density at radius 2 is 1.20 bits per heavy atom. The smallest absolute Gasteiger partial charge is 0.0583 e. The summed E-state index contributed by atoms with van der Waals surface area (Å²) in [5.74, 6) is 0. The third kappa shape index (κ3) is 1.35. The number of fused-ring (bicyclic) bond motifs is 3. The van der Waals surface area contributed by atoms with Crippen molar-refractivity contribution in [2.75, 3.05) is 0 Å². The monoisotopic (exact) mass is 213 g/mol. The van der Waals surface area contributed by atoms with Gasteiger partial charge >= 0.3 is 0 Å². The molecule has 1 heterocycles. The zero-order valence-electron chi connectivity index (χ0n) is 8.91. The van der Waals surface area contributed by atoms with Gasteiger partial charge in [-0.25, -0.2) is 0 Å². The van der Waals surface area contributed by atoms with E-state index in [0.717, 1.165) is 0 Å². The van der Waals surface area contributed by atoms with E-state index in [1.165, 1.54) is 42.6 Å². The molecule has 2 aromatic carbocycles. The Bertz CT molecular complexity index is 591. The molecule has 0 atom stereocenters. The van der Waals surface area contributed by atoms with Gasteiger partial charge in [0.1, 0.15) is 0 Å². The van der Waals surface area contributed by atoms with Crippen molar-refractivity contribution in [3.63, 3.8) is 0 Å². The highest BCUT2D eigenvalue weighted by molar-refractivity contribution is 7.25. The van der Waals surface area contributed by atoms with Crippen LogP contribution in [0.1, 0.15) is 11.1 Å². The molecule has 15 heavy (non-hydrogen) atoms. The number of rotatable bonds is 0. The summed E-state index contributed by atoms with van der Waals surface area (Å²) in [7, 11) is 0. The molecule has 0 aliphatic heterocycles. The Kier molecular flexibility index (Phi) is 1.83. The first-order chi connectivity index (χ1) is 7.24. The van der Waals surface area contributed by atoms with Gasteiger partial charge in [-0.1, -0.05) is 12.1 Å². The minimum Gasteiger partial charge on any atom is -0.0583 e. The van der Waals surface area contributed by atoms with Crippen LogP contribution in [0.25, 0.3) is 20.2 Å². The number of aryl methyl sites for hydroxylation is 2. The van der Waals surface area contributed by atoms with Crippen LogP contribution in [-0.2, 0) is 0 Å². The van der Waals surface area contributed by atoms with Crippen LogP contribution in [0, 0.1) is 13.8 Å². The van der Waals surface area contributed by atoms with E-state index in [1.807, 2.05) is 0 Å². The first-order valence-corrected chi connectivity index (χ1v) is 6.07. The molecule has 0 fully saturated rings. The van der Waals surface area contributed by atoms with Crippen molar-refractivity contribution in [1.82, 2.24) is 0 Å². The third-order valence-corrected chi connectivity index (χ3v) is 4.06. The molecule has 1 aromatic heterocycles. The fourth-order valence-electron chi connectivity index (χ4n) is 2.05. The lowest BCUT2D eigenvalue weighted by Crippen LogP contribution is -1.71. The number of thiophene rings is 1. The molecule has 0 spiro atoms. The van der Waals surface area contributed by atoms with E-state index in [9.17, 15) is 0 Å². The van der Waals surface area contributed by atoms with Crippen LogP contribution in [0.15, 0.2) is 36.4 Å². The minimum atomic E-state index is 1.35. The maximum atomic E-state index is 2.30. The van der Waals surface area contributed by atoms with Crippen molar-refractivity contribution in [3.05, 3.63) is 47.5 Å². The third-order valence-electron chi connectivity index (χ3n) is 2.84. The summed E-state index contributed by atoms with van der Waals surface area (Å²) in [6.45, 7) is 4.31. The fourth-order valence-corrected chi connectivity index (χ4v) is 3.48. The van der Waals surface area contributed by atoms with Crippen LogP contribution in [0.5, 0.6) is 0 Å². The minimum absolute atomic E-state index is 1.35. The fraction of sp³-hybridized carbons (Fsp3) is 0.143. The van der Waals surface area contributed by atoms with Gasteiger partial charge in [-0.15, -0.1) is 0 Å². The average molecular weight is 213 g/mol. The van der Waals surface area contributed by atoms with Crippen LogP contribution in [-0.4, -0.2) is 0 Å². The predicted molar refractivity (Wildman–Crippen MR) is 70.2 cm³/mol. The molecular weight excluding hydrogens is 200 g/mol. The second kappa shape index (κ2) is 3.07. The molecule has 0 nitrogen and oxygen atoms in total. The van der Waals surface area contributed by atoms with Gasteiger partial charge in [0, 0.05) is 22.9 Å². The summed E-state index contributed by atoms with van der Waals surface area (Å²) in [5, 5.41) is 2.83. The van der Waals surface area contributed by atoms with Gasteiger partial charge < -0.3 is 0 Å². The van der Waals surface area contributed by atoms with Crippen LogP contribution in [0.4, 0.5) is 0 Å². The topological polar surface area (TPSA) is 0 Å². The zero-order chi connectivity index (χ0) is 10.4. The van der Waals surface area contributed by atoms with Gasteiger partial charge in [0.15, 0.2) is 9.40 Å². The highest BCUT2D eigenvalue weighted by atomic mass is 32.1. The molecule has 0 saturated carbocycles. The van der Waals surface area contributed by atoms with Gasteiger partial charge in [-0.05, 0) is 48.4 Å². The van der Waals surface area contributed by atoms with E-state index in [4.69, 9.17) is 0 Å². The maximum absolute atomic E-state index is 2.30. The van der Waals surface area contributed by atoms with Crippen LogP contribution in [0.3, 0.4) is 0 Å². The molecule has 3 rings (SSSR count). The Morgan fingerprint density at radius 3 is 1.67 bits per heavy atom. The second-order valence-corrected chi connectivity index (χ2v) is 5.34. The molecule has 1 heteroatoms. The predicted octanol–water partition coefficient (Wildman–Crippen LogP) is 4.40. The molecule has 0 saturated heterocycles. The Balaban J connectivity index is 2.51. The molecule has 3 aromatic rings. The van der Waals surface area contributed by atoms with E-state index in [0.29, 0.717) is 0 Å². The van der Waals surface area contributed by atoms with Crippen LogP contribution in [0.2, 0.25) is 0 Å². The van der Waals surface area contributed by atoms with Gasteiger partial charge in [0.2, 0.25) is 0 Å². The Hall–Kier alpha value is -1.34. The molecule has 0 aliphatic carbocycles. The largest absolute Gasteiger partial charge is 0.179 e.